The Balaban J connectivity index is 1.86. The summed E-state index contributed by atoms with van der Waals surface area (Å²) in [6.45, 7) is 11.7. The Hall–Kier alpha value is -4.66. The number of rotatable bonds is 6. The van der Waals surface area contributed by atoms with Crippen LogP contribution in [-0.4, -0.2) is 51.0 Å². The minimum Gasteiger partial charge on any atom is -0.350 e. The first-order chi connectivity index (χ1) is 20.9. The van der Waals surface area contributed by atoms with Crippen molar-refractivity contribution < 1.29 is 16.3 Å². The van der Waals surface area contributed by atoms with Crippen LogP contribution in [0.1, 0.15) is 46.3 Å². The number of nitrogens with zero attached hydrogens (tertiary/aromatic N) is 5. The van der Waals surface area contributed by atoms with Crippen molar-refractivity contribution in [1.82, 2.24) is 19.4 Å². The lowest BCUT2D eigenvalue weighted by atomic mass is 9.96. The van der Waals surface area contributed by atoms with E-state index in [0.29, 0.717) is 41.9 Å². The summed E-state index contributed by atoms with van der Waals surface area (Å²) in [5.74, 6) is -1.52. The van der Waals surface area contributed by atoms with Crippen LogP contribution in [0.3, 0.4) is 0 Å². The Labute approximate surface area is 246 Å². The predicted molar refractivity (Wildman–Crippen MR) is 163 cm³/mol. The predicted octanol–water partition coefficient (Wildman–Crippen LogP) is 6.02. The fraction of sp³-hybridized carbons (Fsp3) is 0.273. The lowest BCUT2D eigenvalue weighted by Crippen LogP contribution is -2.54. The van der Waals surface area contributed by atoms with Gasteiger partial charge in [0.15, 0.2) is 0 Å². The molecule has 1 aliphatic heterocycles. The van der Waals surface area contributed by atoms with Crippen molar-refractivity contribution in [2.24, 2.45) is 0 Å². The molecule has 0 N–H and O–H groups in total. The van der Waals surface area contributed by atoms with Gasteiger partial charge in [-0.1, -0.05) is 45.2 Å². The third-order valence-corrected chi connectivity index (χ3v) is 7.74. The van der Waals surface area contributed by atoms with Crippen LogP contribution in [0, 0.1) is 18.6 Å². The summed E-state index contributed by atoms with van der Waals surface area (Å²) in [5, 5.41) is 0.328. The number of amides is 1. The molecule has 1 amide bonds. The van der Waals surface area contributed by atoms with Gasteiger partial charge in [0.2, 0.25) is 5.91 Å². The van der Waals surface area contributed by atoms with Crippen LogP contribution in [0.25, 0.3) is 33.8 Å². The minimum atomic E-state index is -0.762. The molecule has 4 aromatic rings. The number of fused-ring (bicyclic) bond motifs is 1. The average Bonchev–Trinajstić information content (AvgIpc) is 2.97. The summed E-state index contributed by atoms with van der Waals surface area (Å²) in [4.78, 5) is 38.9. The first-order valence-corrected chi connectivity index (χ1v) is 13.8. The van der Waals surface area contributed by atoms with E-state index in [-0.39, 0.29) is 40.4 Å². The standard InChI is InChI=1S/C33H33F2N5O2/c1-7-22-10-9-11-25(34)29(22)23-17-27-24(16-26(23)35)32(39-15-14-38(18-21(39)6)28(41)8-2)37-33(42)40(27)31-20(5)12-13-36-30(31)19(3)4/h7-13,16-17,19,21H,1-2,14-15,18H2,3-6H3/t21-/m0/s1/i1D2. The number of anilines is 1. The number of carbonyl (C=O) groups excluding carboxylic acids is 1. The molecule has 0 radical (unpaired) electrons. The number of pyridine rings is 1. The molecule has 0 aliphatic carbocycles. The lowest BCUT2D eigenvalue weighted by molar-refractivity contribution is -0.126. The molecule has 2 aromatic carbocycles. The van der Waals surface area contributed by atoms with Crippen LogP contribution < -0.4 is 10.6 Å². The van der Waals surface area contributed by atoms with Crippen molar-refractivity contribution in [3.63, 3.8) is 0 Å². The van der Waals surface area contributed by atoms with Crippen LogP contribution >= 0.6 is 0 Å². The summed E-state index contributed by atoms with van der Waals surface area (Å²) >= 11 is 0. The van der Waals surface area contributed by atoms with Crippen molar-refractivity contribution in [3.8, 4) is 16.8 Å². The first-order valence-electron chi connectivity index (χ1n) is 14.8. The summed E-state index contributed by atoms with van der Waals surface area (Å²) in [6.07, 6.45) is 4.06. The number of benzene rings is 2. The summed E-state index contributed by atoms with van der Waals surface area (Å²) < 4.78 is 48.2. The number of hydrogen-bond acceptors (Lipinski definition) is 5. The fourth-order valence-corrected chi connectivity index (χ4v) is 5.69. The number of aromatic nitrogens is 3. The zero-order chi connectivity index (χ0) is 31.9. The fourth-order valence-electron chi connectivity index (χ4n) is 5.69. The van der Waals surface area contributed by atoms with Gasteiger partial charge >= 0.3 is 5.69 Å². The van der Waals surface area contributed by atoms with Crippen molar-refractivity contribution in [2.75, 3.05) is 24.5 Å². The monoisotopic (exact) mass is 571 g/mol. The van der Waals surface area contributed by atoms with Gasteiger partial charge in [-0.05, 0) is 61.2 Å². The largest absolute Gasteiger partial charge is 0.354 e. The summed E-state index contributed by atoms with van der Waals surface area (Å²) in [6, 6.07) is 8.31. The Morgan fingerprint density at radius 2 is 1.98 bits per heavy atom. The number of aryl methyl sites for hydroxylation is 1. The molecule has 3 heterocycles. The van der Waals surface area contributed by atoms with Gasteiger partial charge in [0.05, 0.1) is 19.6 Å². The van der Waals surface area contributed by atoms with E-state index < -0.39 is 23.9 Å². The van der Waals surface area contributed by atoms with E-state index >= 15 is 8.78 Å². The summed E-state index contributed by atoms with van der Waals surface area (Å²) in [5.41, 5.74) is 1.48. The van der Waals surface area contributed by atoms with Crippen molar-refractivity contribution >= 4 is 28.7 Å². The number of carbonyl (C=O) groups is 1. The molecular formula is C33H33F2N5O2. The maximum atomic E-state index is 16.2. The maximum Gasteiger partial charge on any atom is 0.354 e. The van der Waals surface area contributed by atoms with Crippen LogP contribution in [0.5, 0.6) is 0 Å². The molecule has 1 saturated heterocycles. The molecule has 1 fully saturated rings. The molecule has 1 aliphatic rings. The Bertz CT molecular complexity index is 1880. The van der Waals surface area contributed by atoms with Crippen molar-refractivity contribution in [1.29, 1.82) is 0 Å². The third-order valence-electron chi connectivity index (χ3n) is 7.74. The average molecular weight is 572 g/mol. The highest BCUT2D eigenvalue weighted by Gasteiger charge is 2.30. The number of halogens is 2. The Morgan fingerprint density at radius 1 is 1.19 bits per heavy atom. The third kappa shape index (κ3) is 4.89. The SMILES string of the molecule is [2H]C([2H])=Cc1cccc(F)c1-c1cc2c(cc1F)c(N1CCN(C(=O)C=C)C[C@@H]1C)nc(=O)n2-c1c(C)ccnc1C(C)C. The highest BCUT2D eigenvalue weighted by Crippen LogP contribution is 2.37. The molecule has 216 valence electrons. The van der Waals surface area contributed by atoms with E-state index in [0.717, 1.165) is 11.6 Å². The second kappa shape index (κ2) is 11.3. The second-order valence-electron chi connectivity index (χ2n) is 10.8. The van der Waals surface area contributed by atoms with Gasteiger partial charge in [-0.3, -0.25) is 14.3 Å². The minimum absolute atomic E-state index is 0.0715. The van der Waals surface area contributed by atoms with Gasteiger partial charge in [0.1, 0.15) is 17.5 Å². The van der Waals surface area contributed by atoms with E-state index in [1.165, 1.54) is 41.0 Å². The van der Waals surface area contributed by atoms with E-state index in [4.69, 9.17) is 2.74 Å². The zero-order valence-electron chi connectivity index (χ0n) is 26.0. The van der Waals surface area contributed by atoms with Crippen molar-refractivity contribution in [2.45, 2.75) is 39.7 Å². The van der Waals surface area contributed by atoms with E-state index in [1.54, 1.807) is 17.2 Å². The first kappa shape index (κ1) is 26.3. The maximum absolute atomic E-state index is 16.2. The molecule has 1 atom stereocenters. The number of piperazine rings is 1. The quantitative estimate of drug-likeness (QED) is 0.265. The van der Waals surface area contributed by atoms with Gasteiger partial charge in [-0.15, -0.1) is 0 Å². The van der Waals surface area contributed by atoms with Gasteiger partial charge in [0, 0.05) is 48.4 Å². The van der Waals surface area contributed by atoms with Gasteiger partial charge in [0.25, 0.3) is 0 Å². The molecule has 0 spiro atoms. The molecular weight excluding hydrogens is 536 g/mol. The summed E-state index contributed by atoms with van der Waals surface area (Å²) in [7, 11) is 0. The van der Waals surface area contributed by atoms with Crippen molar-refractivity contribution in [3.05, 3.63) is 101 Å². The van der Waals surface area contributed by atoms with E-state index in [1.807, 2.05) is 32.6 Å². The van der Waals surface area contributed by atoms with Crippen LogP contribution in [0.15, 0.2) is 66.6 Å². The van der Waals surface area contributed by atoms with Crippen LogP contribution in [0.4, 0.5) is 14.6 Å². The molecule has 0 bridgehead atoms. The zero-order valence-corrected chi connectivity index (χ0v) is 24.0. The second-order valence-corrected chi connectivity index (χ2v) is 10.8. The van der Waals surface area contributed by atoms with E-state index in [2.05, 4.69) is 16.5 Å². The molecule has 9 heteroatoms. The number of hydrogen-bond donors (Lipinski definition) is 0. The normalized spacial score (nSPS) is 15.9. The highest BCUT2D eigenvalue weighted by molar-refractivity contribution is 5.95. The molecule has 7 nitrogen and oxygen atoms in total. The Morgan fingerprint density at radius 3 is 2.67 bits per heavy atom. The molecule has 42 heavy (non-hydrogen) atoms. The van der Waals surface area contributed by atoms with Gasteiger partial charge in [-0.25, -0.2) is 13.6 Å². The molecule has 5 rings (SSSR count). The molecule has 0 saturated carbocycles. The van der Waals surface area contributed by atoms with Gasteiger partial charge < -0.3 is 9.80 Å². The Kier molecular flexibility index (Phi) is 7.07. The van der Waals surface area contributed by atoms with Gasteiger partial charge in [-0.2, -0.15) is 4.98 Å². The highest BCUT2D eigenvalue weighted by atomic mass is 19.1. The smallest absolute Gasteiger partial charge is 0.350 e. The molecule has 2 aromatic heterocycles. The van der Waals surface area contributed by atoms with Crippen LogP contribution in [0.2, 0.25) is 0 Å². The van der Waals surface area contributed by atoms with E-state index in [9.17, 15) is 9.59 Å². The topological polar surface area (TPSA) is 71.3 Å². The van der Waals surface area contributed by atoms with Crippen LogP contribution in [-0.2, 0) is 4.79 Å². The lowest BCUT2D eigenvalue weighted by Gasteiger charge is -2.40. The molecule has 0 unspecified atom stereocenters.